The molecule has 106 valence electrons. The van der Waals surface area contributed by atoms with E-state index in [1.54, 1.807) is 36.7 Å². The van der Waals surface area contributed by atoms with Crippen molar-refractivity contribution in [3.8, 4) is 0 Å². The highest BCUT2D eigenvalue weighted by Crippen LogP contribution is 2.14. The number of carboxylic acid groups (broad SMARTS) is 1. The number of nitrogens with zero attached hydrogens (tertiary/aromatic N) is 1. The van der Waals surface area contributed by atoms with Crippen LogP contribution in [0.3, 0.4) is 0 Å². The fraction of sp³-hybridized carbons (Fsp3) is 0.0625. The number of aryl methyl sites for hydroxylation is 1. The van der Waals surface area contributed by atoms with Gasteiger partial charge >= 0.3 is 5.97 Å². The molecule has 0 saturated heterocycles. The largest absolute Gasteiger partial charge is 0.478 e. The smallest absolute Gasteiger partial charge is 0.328 e. The number of pyridine rings is 1. The molecule has 0 fully saturated rings. The van der Waals surface area contributed by atoms with E-state index in [4.69, 9.17) is 5.11 Å². The maximum Gasteiger partial charge on any atom is 0.328 e. The Balaban J connectivity index is 2.18. The maximum atomic E-state index is 12.2. The zero-order chi connectivity index (χ0) is 15.2. The average molecular weight is 282 g/mol. The number of carbonyl (C=O) groups is 2. The number of hydrogen-bond donors (Lipinski definition) is 2. The number of carboxylic acids is 1. The third kappa shape index (κ3) is 4.01. The van der Waals surface area contributed by atoms with E-state index in [1.807, 2.05) is 13.0 Å². The van der Waals surface area contributed by atoms with Gasteiger partial charge in [-0.15, -0.1) is 0 Å². The zero-order valence-electron chi connectivity index (χ0n) is 11.4. The molecule has 2 aromatic rings. The third-order valence-corrected chi connectivity index (χ3v) is 2.85. The molecule has 5 heteroatoms. The molecule has 0 aliphatic carbocycles. The standard InChI is InChI=1S/C16H14N2O3/c1-11-7-8-17-10-14(11)18-16(21)13-4-2-3-12(9-13)5-6-15(19)20/h2-10H,1H3,(H,18,21)(H,19,20). The molecule has 0 radical (unpaired) electrons. The molecule has 0 unspecified atom stereocenters. The van der Waals surface area contributed by atoms with Gasteiger partial charge in [0.05, 0.1) is 11.9 Å². The van der Waals surface area contributed by atoms with Gasteiger partial charge in [-0.05, 0) is 42.3 Å². The summed E-state index contributed by atoms with van der Waals surface area (Å²) in [7, 11) is 0. The molecule has 1 amide bonds. The molecule has 1 aromatic carbocycles. The first-order valence-corrected chi connectivity index (χ1v) is 6.29. The van der Waals surface area contributed by atoms with Crippen LogP contribution in [0.15, 0.2) is 48.8 Å². The number of rotatable bonds is 4. The molecular formula is C16H14N2O3. The van der Waals surface area contributed by atoms with Gasteiger partial charge in [-0.2, -0.15) is 0 Å². The lowest BCUT2D eigenvalue weighted by molar-refractivity contribution is -0.131. The fourth-order valence-electron chi connectivity index (χ4n) is 1.74. The summed E-state index contributed by atoms with van der Waals surface area (Å²) in [6.45, 7) is 1.88. The van der Waals surface area contributed by atoms with Gasteiger partial charge in [0.2, 0.25) is 0 Å². The molecule has 0 spiro atoms. The third-order valence-electron chi connectivity index (χ3n) is 2.85. The van der Waals surface area contributed by atoms with E-state index in [2.05, 4.69) is 10.3 Å². The minimum atomic E-state index is -1.03. The lowest BCUT2D eigenvalue weighted by Gasteiger charge is -2.07. The van der Waals surface area contributed by atoms with Crippen molar-refractivity contribution in [3.05, 3.63) is 65.5 Å². The van der Waals surface area contributed by atoms with E-state index in [9.17, 15) is 9.59 Å². The molecule has 2 N–H and O–H groups in total. The number of carbonyl (C=O) groups excluding carboxylic acids is 1. The lowest BCUT2D eigenvalue weighted by atomic mass is 10.1. The number of aliphatic carboxylic acids is 1. The predicted molar refractivity (Wildman–Crippen MR) is 80.0 cm³/mol. The lowest BCUT2D eigenvalue weighted by Crippen LogP contribution is -2.13. The Morgan fingerprint density at radius 1 is 1.29 bits per heavy atom. The molecule has 0 saturated carbocycles. The Hall–Kier alpha value is -2.95. The highest BCUT2D eigenvalue weighted by atomic mass is 16.4. The van der Waals surface area contributed by atoms with Crippen molar-refractivity contribution in [1.82, 2.24) is 4.98 Å². The topological polar surface area (TPSA) is 79.3 Å². The first-order chi connectivity index (χ1) is 10.1. The number of anilines is 1. The van der Waals surface area contributed by atoms with Crippen LogP contribution in [0.2, 0.25) is 0 Å². The minimum Gasteiger partial charge on any atom is -0.478 e. The second-order valence-corrected chi connectivity index (χ2v) is 4.44. The Morgan fingerprint density at radius 3 is 2.81 bits per heavy atom. The molecule has 21 heavy (non-hydrogen) atoms. The van der Waals surface area contributed by atoms with Gasteiger partial charge in [0.15, 0.2) is 0 Å². The van der Waals surface area contributed by atoms with E-state index >= 15 is 0 Å². The van der Waals surface area contributed by atoms with Gasteiger partial charge in [0.1, 0.15) is 0 Å². The first kappa shape index (κ1) is 14.5. The molecule has 0 bridgehead atoms. The molecule has 5 nitrogen and oxygen atoms in total. The molecule has 0 aliphatic rings. The maximum absolute atomic E-state index is 12.2. The van der Waals surface area contributed by atoms with E-state index in [0.717, 1.165) is 11.6 Å². The Bertz CT molecular complexity index is 708. The van der Waals surface area contributed by atoms with Gasteiger partial charge in [0.25, 0.3) is 5.91 Å². The Kier molecular flexibility index (Phi) is 4.46. The van der Waals surface area contributed by atoms with Crippen molar-refractivity contribution in [1.29, 1.82) is 0 Å². The number of amides is 1. The minimum absolute atomic E-state index is 0.267. The fourth-order valence-corrected chi connectivity index (χ4v) is 1.74. The Morgan fingerprint density at radius 2 is 2.10 bits per heavy atom. The molecular weight excluding hydrogens is 268 g/mol. The molecule has 1 heterocycles. The molecule has 0 aliphatic heterocycles. The van der Waals surface area contributed by atoms with Gasteiger partial charge in [-0.25, -0.2) is 4.79 Å². The average Bonchev–Trinajstić information content (AvgIpc) is 2.48. The van der Waals surface area contributed by atoms with E-state index in [-0.39, 0.29) is 5.91 Å². The SMILES string of the molecule is Cc1ccncc1NC(=O)c1cccc(C=CC(=O)O)c1. The highest BCUT2D eigenvalue weighted by Gasteiger charge is 2.07. The van der Waals surface area contributed by atoms with Crippen molar-refractivity contribution in [2.75, 3.05) is 5.32 Å². The summed E-state index contributed by atoms with van der Waals surface area (Å²) in [4.78, 5) is 26.6. The van der Waals surface area contributed by atoms with E-state index < -0.39 is 5.97 Å². The summed E-state index contributed by atoms with van der Waals surface area (Å²) >= 11 is 0. The van der Waals surface area contributed by atoms with Gasteiger partial charge in [-0.3, -0.25) is 9.78 Å². The van der Waals surface area contributed by atoms with Crippen LogP contribution in [-0.2, 0) is 4.79 Å². The van der Waals surface area contributed by atoms with Crippen molar-refractivity contribution >= 4 is 23.6 Å². The van der Waals surface area contributed by atoms with Gasteiger partial charge in [0, 0.05) is 17.8 Å². The zero-order valence-corrected chi connectivity index (χ0v) is 11.4. The van der Waals surface area contributed by atoms with Crippen molar-refractivity contribution < 1.29 is 14.7 Å². The summed E-state index contributed by atoms with van der Waals surface area (Å²) in [5.74, 6) is -1.30. The monoisotopic (exact) mass is 282 g/mol. The highest BCUT2D eigenvalue weighted by molar-refractivity contribution is 6.04. The van der Waals surface area contributed by atoms with Crippen LogP contribution in [-0.4, -0.2) is 22.0 Å². The summed E-state index contributed by atoms with van der Waals surface area (Å²) in [5, 5.41) is 11.4. The second kappa shape index (κ2) is 6.47. The van der Waals surface area contributed by atoms with Crippen LogP contribution < -0.4 is 5.32 Å². The van der Waals surface area contributed by atoms with Crippen molar-refractivity contribution in [2.24, 2.45) is 0 Å². The van der Waals surface area contributed by atoms with Crippen LogP contribution in [0.5, 0.6) is 0 Å². The second-order valence-electron chi connectivity index (χ2n) is 4.44. The Labute approximate surface area is 122 Å². The van der Waals surface area contributed by atoms with Crippen LogP contribution in [0, 0.1) is 6.92 Å². The van der Waals surface area contributed by atoms with Crippen LogP contribution >= 0.6 is 0 Å². The van der Waals surface area contributed by atoms with E-state index in [0.29, 0.717) is 16.8 Å². The summed E-state index contributed by atoms with van der Waals surface area (Å²) in [6, 6.07) is 8.53. The van der Waals surface area contributed by atoms with Crippen LogP contribution in [0.4, 0.5) is 5.69 Å². The summed E-state index contributed by atoms with van der Waals surface area (Å²) < 4.78 is 0. The summed E-state index contributed by atoms with van der Waals surface area (Å²) in [6.07, 6.45) is 5.71. The number of benzene rings is 1. The van der Waals surface area contributed by atoms with Gasteiger partial charge < -0.3 is 10.4 Å². The molecule has 1 aromatic heterocycles. The first-order valence-electron chi connectivity index (χ1n) is 6.29. The molecule has 2 rings (SSSR count). The van der Waals surface area contributed by atoms with Crippen LogP contribution in [0.25, 0.3) is 6.08 Å². The van der Waals surface area contributed by atoms with E-state index in [1.165, 1.54) is 6.08 Å². The normalized spacial score (nSPS) is 10.5. The van der Waals surface area contributed by atoms with Crippen LogP contribution in [0.1, 0.15) is 21.5 Å². The van der Waals surface area contributed by atoms with Gasteiger partial charge in [-0.1, -0.05) is 12.1 Å². The quantitative estimate of drug-likeness (QED) is 0.845. The number of nitrogens with one attached hydrogen (secondary N) is 1. The van der Waals surface area contributed by atoms with Crippen molar-refractivity contribution in [2.45, 2.75) is 6.92 Å². The number of aromatic nitrogens is 1. The predicted octanol–water partition coefficient (Wildman–Crippen LogP) is 2.74. The number of hydrogen-bond acceptors (Lipinski definition) is 3. The molecule has 0 atom stereocenters. The van der Waals surface area contributed by atoms with Crippen molar-refractivity contribution in [3.63, 3.8) is 0 Å². The summed E-state index contributed by atoms with van der Waals surface area (Å²) in [5.41, 5.74) is 2.66.